The van der Waals surface area contributed by atoms with Crippen molar-refractivity contribution in [3.8, 4) is 0 Å². The van der Waals surface area contributed by atoms with E-state index in [0.29, 0.717) is 18.8 Å². The van der Waals surface area contributed by atoms with E-state index in [1.807, 2.05) is 11.9 Å². The molecule has 0 radical (unpaired) electrons. The third-order valence-corrected chi connectivity index (χ3v) is 1.79. The van der Waals surface area contributed by atoms with Gasteiger partial charge in [-0.25, -0.2) is 0 Å². The largest absolute Gasteiger partial charge is 0.396 e. The minimum absolute atomic E-state index is 0.261. The number of primary amides is 1. The van der Waals surface area contributed by atoms with E-state index < -0.39 is 0 Å². The molecule has 6 nitrogen and oxygen atoms in total. The number of carbonyl (C=O) groups is 1. The van der Waals surface area contributed by atoms with Gasteiger partial charge in [0.05, 0.1) is 25.0 Å². The number of carbonyl (C=O) groups excluding carboxylic acids is 1. The molecule has 1 rings (SSSR count). The first-order chi connectivity index (χ1) is 6.58. The Morgan fingerprint density at radius 1 is 1.71 bits per heavy atom. The van der Waals surface area contributed by atoms with Gasteiger partial charge in [-0.1, -0.05) is 0 Å². The van der Waals surface area contributed by atoms with E-state index >= 15 is 0 Å². The van der Waals surface area contributed by atoms with Crippen LogP contribution >= 0.6 is 0 Å². The maximum absolute atomic E-state index is 10.6. The molecule has 0 saturated heterocycles. The van der Waals surface area contributed by atoms with E-state index in [2.05, 4.69) is 5.10 Å². The third kappa shape index (κ3) is 3.44. The summed E-state index contributed by atoms with van der Waals surface area (Å²) in [5, 5.41) is 4.02. The van der Waals surface area contributed by atoms with Crippen molar-refractivity contribution < 1.29 is 4.79 Å². The summed E-state index contributed by atoms with van der Waals surface area (Å²) < 4.78 is 1.73. The van der Waals surface area contributed by atoms with Gasteiger partial charge in [-0.2, -0.15) is 5.10 Å². The first kappa shape index (κ1) is 10.5. The highest BCUT2D eigenvalue weighted by Crippen LogP contribution is 1.97. The monoisotopic (exact) mass is 197 g/mol. The van der Waals surface area contributed by atoms with E-state index in [-0.39, 0.29) is 12.5 Å². The van der Waals surface area contributed by atoms with Crippen molar-refractivity contribution in [2.45, 2.75) is 6.54 Å². The van der Waals surface area contributed by atoms with Crippen LogP contribution in [0, 0.1) is 0 Å². The lowest BCUT2D eigenvalue weighted by Crippen LogP contribution is -2.32. The molecule has 14 heavy (non-hydrogen) atoms. The normalized spacial score (nSPS) is 10.7. The second-order valence-corrected chi connectivity index (χ2v) is 3.24. The topological polar surface area (TPSA) is 90.2 Å². The number of anilines is 1. The fraction of sp³-hybridized carbons (Fsp3) is 0.500. The lowest BCUT2D eigenvalue weighted by Gasteiger charge is -2.13. The number of rotatable bonds is 5. The number of nitrogens with two attached hydrogens (primary N) is 2. The Hall–Kier alpha value is -1.56. The highest BCUT2D eigenvalue weighted by Gasteiger charge is 2.02. The third-order valence-electron chi connectivity index (χ3n) is 1.79. The van der Waals surface area contributed by atoms with Crippen LogP contribution < -0.4 is 11.5 Å². The summed E-state index contributed by atoms with van der Waals surface area (Å²) in [6, 6.07) is 0. The molecule has 0 atom stereocenters. The molecule has 1 amide bonds. The van der Waals surface area contributed by atoms with Gasteiger partial charge in [0, 0.05) is 12.7 Å². The molecule has 0 fully saturated rings. The van der Waals surface area contributed by atoms with Gasteiger partial charge in [-0.3, -0.25) is 14.4 Å². The van der Waals surface area contributed by atoms with Crippen molar-refractivity contribution in [2.75, 3.05) is 25.9 Å². The van der Waals surface area contributed by atoms with Gasteiger partial charge in [-0.05, 0) is 7.05 Å². The van der Waals surface area contributed by atoms with Crippen LogP contribution in [0.4, 0.5) is 5.69 Å². The lowest BCUT2D eigenvalue weighted by atomic mass is 10.5. The molecule has 0 aliphatic rings. The van der Waals surface area contributed by atoms with Gasteiger partial charge >= 0.3 is 0 Å². The second kappa shape index (κ2) is 4.61. The Kier molecular flexibility index (Phi) is 3.47. The van der Waals surface area contributed by atoms with Crippen LogP contribution in [0.2, 0.25) is 0 Å². The summed E-state index contributed by atoms with van der Waals surface area (Å²) in [7, 11) is 1.83. The molecule has 0 spiro atoms. The standard InChI is InChI=1S/C8H15N5O/c1-12(6-8(10)14)2-3-13-5-7(9)4-11-13/h4-5H,2-3,6,9H2,1H3,(H2,10,14). The van der Waals surface area contributed by atoms with Crippen molar-refractivity contribution in [1.82, 2.24) is 14.7 Å². The van der Waals surface area contributed by atoms with Gasteiger partial charge in [-0.15, -0.1) is 0 Å². The summed E-state index contributed by atoms with van der Waals surface area (Å²) in [6.45, 7) is 1.67. The Labute approximate surface area is 82.5 Å². The van der Waals surface area contributed by atoms with Gasteiger partial charge in [0.2, 0.25) is 5.91 Å². The van der Waals surface area contributed by atoms with Crippen molar-refractivity contribution in [1.29, 1.82) is 0 Å². The van der Waals surface area contributed by atoms with E-state index in [4.69, 9.17) is 11.5 Å². The van der Waals surface area contributed by atoms with Crippen molar-refractivity contribution in [3.63, 3.8) is 0 Å². The summed E-state index contributed by atoms with van der Waals surface area (Å²) >= 11 is 0. The van der Waals surface area contributed by atoms with Gasteiger partial charge in [0.15, 0.2) is 0 Å². The number of likely N-dealkylation sites (N-methyl/N-ethyl adjacent to an activating group) is 1. The fourth-order valence-electron chi connectivity index (χ4n) is 1.12. The van der Waals surface area contributed by atoms with Gasteiger partial charge in [0.1, 0.15) is 0 Å². The molecule has 4 N–H and O–H groups in total. The molecular formula is C8H15N5O. The van der Waals surface area contributed by atoms with Crippen LogP contribution in [0.3, 0.4) is 0 Å². The number of amides is 1. The zero-order chi connectivity index (χ0) is 10.6. The molecule has 1 aromatic heterocycles. The minimum atomic E-state index is -0.326. The van der Waals surface area contributed by atoms with Crippen LogP contribution in [-0.2, 0) is 11.3 Å². The van der Waals surface area contributed by atoms with Crippen LogP contribution in [-0.4, -0.2) is 40.7 Å². The SMILES string of the molecule is CN(CCn1cc(N)cn1)CC(N)=O. The van der Waals surface area contributed by atoms with Crippen molar-refractivity contribution in [2.24, 2.45) is 5.73 Å². The summed E-state index contributed by atoms with van der Waals surface area (Å²) in [5.41, 5.74) is 11.2. The molecule has 6 heteroatoms. The fourth-order valence-corrected chi connectivity index (χ4v) is 1.12. The Bertz CT molecular complexity index is 308. The number of hydrogen-bond donors (Lipinski definition) is 2. The highest BCUT2D eigenvalue weighted by atomic mass is 16.1. The number of aromatic nitrogens is 2. The molecule has 1 heterocycles. The average molecular weight is 197 g/mol. The first-order valence-corrected chi connectivity index (χ1v) is 4.32. The summed E-state index contributed by atoms with van der Waals surface area (Å²) in [5.74, 6) is -0.326. The van der Waals surface area contributed by atoms with E-state index in [9.17, 15) is 4.79 Å². The Morgan fingerprint density at radius 2 is 2.43 bits per heavy atom. The molecule has 0 saturated carbocycles. The quantitative estimate of drug-likeness (QED) is 0.625. The maximum atomic E-state index is 10.6. The number of nitrogen functional groups attached to an aromatic ring is 1. The first-order valence-electron chi connectivity index (χ1n) is 4.32. The maximum Gasteiger partial charge on any atom is 0.231 e. The number of hydrogen-bond acceptors (Lipinski definition) is 4. The molecule has 0 unspecified atom stereocenters. The molecular weight excluding hydrogens is 182 g/mol. The molecule has 78 valence electrons. The highest BCUT2D eigenvalue weighted by molar-refractivity contribution is 5.75. The van der Waals surface area contributed by atoms with Crippen molar-refractivity contribution >= 4 is 11.6 Å². The smallest absolute Gasteiger partial charge is 0.231 e. The Morgan fingerprint density at radius 3 is 2.93 bits per heavy atom. The van der Waals surface area contributed by atoms with Crippen LogP contribution in [0.15, 0.2) is 12.4 Å². The molecule has 1 aromatic rings. The van der Waals surface area contributed by atoms with E-state index in [1.165, 1.54) is 0 Å². The predicted molar refractivity (Wildman–Crippen MR) is 53.3 cm³/mol. The molecule has 0 aromatic carbocycles. The molecule has 0 bridgehead atoms. The predicted octanol–water partition coefficient (Wildman–Crippen LogP) is -1.12. The number of nitrogens with zero attached hydrogens (tertiary/aromatic N) is 3. The minimum Gasteiger partial charge on any atom is -0.396 e. The molecule has 0 aliphatic heterocycles. The average Bonchev–Trinajstić information content (AvgIpc) is 2.47. The van der Waals surface area contributed by atoms with Gasteiger partial charge in [0.25, 0.3) is 0 Å². The zero-order valence-corrected chi connectivity index (χ0v) is 8.18. The van der Waals surface area contributed by atoms with Crippen LogP contribution in [0.1, 0.15) is 0 Å². The van der Waals surface area contributed by atoms with Gasteiger partial charge < -0.3 is 11.5 Å². The van der Waals surface area contributed by atoms with Crippen molar-refractivity contribution in [3.05, 3.63) is 12.4 Å². The van der Waals surface area contributed by atoms with Crippen LogP contribution in [0.25, 0.3) is 0 Å². The van der Waals surface area contributed by atoms with Crippen LogP contribution in [0.5, 0.6) is 0 Å². The summed E-state index contributed by atoms with van der Waals surface area (Å²) in [4.78, 5) is 12.4. The zero-order valence-electron chi connectivity index (χ0n) is 8.18. The molecule has 0 aliphatic carbocycles. The van der Waals surface area contributed by atoms with E-state index in [0.717, 1.165) is 0 Å². The lowest BCUT2D eigenvalue weighted by molar-refractivity contribution is -0.118. The Balaban J connectivity index is 2.30. The second-order valence-electron chi connectivity index (χ2n) is 3.24. The van der Waals surface area contributed by atoms with E-state index in [1.54, 1.807) is 17.1 Å². The summed E-state index contributed by atoms with van der Waals surface area (Å²) in [6.07, 6.45) is 3.34.